The molecule has 0 spiro atoms. The van der Waals surface area contributed by atoms with Gasteiger partial charge in [-0.15, -0.1) is 0 Å². The third-order valence-electron chi connectivity index (χ3n) is 2.90. The molecular weight excluding hydrogens is 250 g/mol. The van der Waals surface area contributed by atoms with Crippen molar-refractivity contribution in [3.63, 3.8) is 0 Å². The fraction of sp³-hybridized carbons (Fsp3) is 0. The van der Waals surface area contributed by atoms with Crippen molar-refractivity contribution in [3.8, 4) is 28.5 Å². The van der Waals surface area contributed by atoms with Crippen molar-refractivity contribution in [2.24, 2.45) is 0 Å². The van der Waals surface area contributed by atoms with Gasteiger partial charge in [-0.25, -0.2) is 4.98 Å². The zero-order valence-electron chi connectivity index (χ0n) is 10.7. The Bertz CT molecular complexity index is 694. The number of phenolic OH excluding ortho intramolecular Hbond substituents is 1. The molecule has 0 bridgehead atoms. The van der Waals surface area contributed by atoms with E-state index in [2.05, 4.69) is 4.98 Å². The highest BCUT2D eigenvalue weighted by atomic mass is 16.5. The number of hydrogen-bond donors (Lipinski definition) is 1. The van der Waals surface area contributed by atoms with Gasteiger partial charge in [-0.1, -0.05) is 30.3 Å². The number of pyridine rings is 1. The second-order valence-electron chi connectivity index (χ2n) is 4.34. The summed E-state index contributed by atoms with van der Waals surface area (Å²) in [5.74, 6) is 1.38. The van der Waals surface area contributed by atoms with Crippen LogP contribution in [0.4, 0.5) is 0 Å². The molecule has 0 fully saturated rings. The molecule has 0 radical (unpaired) electrons. The van der Waals surface area contributed by atoms with E-state index in [1.165, 1.54) is 0 Å². The summed E-state index contributed by atoms with van der Waals surface area (Å²) in [6.45, 7) is 0. The Balaban J connectivity index is 1.86. The number of nitrogens with zero attached hydrogens (tertiary/aromatic N) is 1. The van der Waals surface area contributed by atoms with Crippen LogP contribution in [0.5, 0.6) is 17.4 Å². The maximum atomic E-state index is 9.24. The van der Waals surface area contributed by atoms with Gasteiger partial charge in [-0.05, 0) is 41.5 Å². The summed E-state index contributed by atoms with van der Waals surface area (Å²) in [6.07, 6.45) is 1.72. The van der Waals surface area contributed by atoms with Gasteiger partial charge in [0.25, 0.3) is 0 Å². The van der Waals surface area contributed by atoms with Crippen LogP contribution in [-0.2, 0) is 0 Å². The lowest BCUT2D eigenvalue weighted by atomic mass is 10.1. The molecule has 0 atom stereocenters. The third kappa shape index (κ3) is 2.78. The molecule has 1 heterocycles. The molecule has 0 aliphatic carbocycles. The van der Waals surface area contributed by atoms with Crippen LogP contribution in [0.2, 0.25) is 0 Å². The molecule has 0 unspecified atom stereocenters. The number of rotatable bonds is 3. The Kier molecular flexibility index (Phi) is 3.33. The van der Waals surface area contributed by atoms with Gasteiger partial charge in [0.15, 0.2) is 0 Å². The highest BCUT2D eigenvalue weighted by Crippen LogP contribution is 2.26. The highest BCUT2D eigenvalue weighted by Gasteiger charge is 2.02. The summed E-state index contributed by atoms with van der Waals surface area (Å²) in [4.78, 5) is 4.20. The molecule has 98 valence electrons. The minimum atomic E-state index is 0.211. The monoisotopic (exact) mass is 263 g/mol. The van der Waals surface area contributed by atoms with E-state index in [-0.39, 0.29) is 5.75 Å². The van der Waals surface area contributed by atoms with E-state index in [9.17, 15) is 5.11 Å². The van der Waals surface area contributed by atoms with Gasteiger partial charge in [-0.3, -0.25) is 0 Å². The number of benzene rings is 2. The molecular formula is C17H13NO2. The molecule has 3 rings (SSSR count). The quantitative estimate of drug-likeness (QED) is 0.768. The maximum absolute atomic E-state index is 9.24. The summed E-state index contributed by atoms with van der Waals surface area (Å²) in [6, 6.07) is 20.5. The highest BCUT2D eigenvalue weighted by molar-refractivity contribution is 5.63. The fourth-order valence-corrected chi connectivity index (χ4v) is 1.91. The van der Waals surface area contributed by atoms with E-state index in [0.29, 0.717) is 11.6 Å². The van der Waals surface area contributed by atoms with Gasteiger partial charge in [-0.2, -0.15) is 0 Å². The molecule has 0 amide bonds. The maximum Gasteiger partial charge on any atom is 0.219 e. The van der Waals surface area contributed by atoms with E-state index in [0.717, 1.165) is 11.1 Å². The number of ether oxygens (including phenoxy) is 1. The molecule has 0 aliphatic rings. The summed E-state index contributed by atoms with van der Waals surface area (Å²) >= 11 is 0. The summed E-state index contributed by atoms with van der Waals surface area (Å²) < 4.78 is 5.67. The largest absolute Gasteiger partial charge is 0.508 e. The Morgan fingerprint density at radius 2 is 1.55 bits per heavy atom. The molecule has 0 saturated carbocycles. The van der Waals surface area contributed by atoms with Crippen LogP contribution in [-0.4, -0.2) is 10.1 Å². The predicted octanol–water partition coefficient (Wildman–Crippen LogP) is 4.25. The van der Waals surface area contributed by atoms with Crippen LogP contribution in [0, 0.1) is 0 Å². The summed E-state index contributed by atoms with van der Waals surface area (Å²) in [5.41, 5.74) is 2.17. The first kappa shape index (κ1) is 12.2. The molecule has 1 aromatic heterocycles. The molecule has 3 nitrogen and oxygen atoms in total. The topological polar surface area (TPSA) is 42.4 Å². The van der Waals surface area contributed by atoms with Crippen molar-refractivity contribution in [1.82, 2.24) is 4.98 Å². The van der Waals surface area contributed by atoms with Crippen LogP contribution < -0.4 is 4.74 Å². The lowest BCUT2D eigenvalue weighted by Crippen LogP contribution is -1.88. The number of hydrogen-bond acceptors (Lipinski definition) is 3. The van der Waals surface area contributed by atoms with E-state index in [1.807, 2.05) is 42.5 Å². The lowest BCUT2D eigenvalue weighted by Gasteiger charge is -2.07. The number of aromatic hydroxyl groups is 1. The van der Waals surface area contributed by atoms with Crippen molar-refractivity contribution >= 4 is 0 Å². The Morgan fingerprint density at radius 1 is 0.800 bits per heavy atom. The Hall–Kier alpha value is -2.81. The fourth-order valence-electron chi connectivity index (χ4n) is 1.91. The van der Waals surface area contributed by atoms with Gasteiger partial charge < -0.3 is 9.84 Å². The van der Waals surface area contributed by atoms with Crippen LogP contribution in [0.25, 0.3) is 11.1 Å². The standard InChI is InChI=1S/C17H13NO2/c19-15-6-8-16(9-7-15)20-17-12-14(10-11-18-17)13-4-2-1-3-5-13/h1-12,19H. The zero-order chi connectivity index (χ0) is 13.8. The van der Waals surface area contributed by atoms with Crippen molar-refractivity contribution < 1.29 is 9.84 Å². The third-order valence-corrected chi connectivity index (χ3v) is 2.90. The SMILES string of the molecule is Oc1ccc(Oc2cc(-c3ccccc3)ccn2)cc1. The number of aromatic nitrogens is 1. The van der Waals surface area contributed by atoms with Crippen LogP contribution in [0.3, 0.4) is 0 Å². The average Bonchev–Trinajstić information content (AvgIpc) is 2.51. The lowest BCUT2D eigenvalue weighted by molar-refractivity contribution is 0.454. The minimum absolute atomic E-state index is 0.211. The van der Waals surface area contributed by atoms with Gasteiger partial charge in [0.2, 0.25) is 5.88 Å². The molecule has 1 N–H and O–H groups in total. The summed E-state index contributed by atoms with van der Waals surface area (Å²) in [7, 11) is 0. The van der Waals surface area contributed by atoms with E-state index in [1.54, 1.807) is 30.5 Å². The second-order valence-corrected chi connectivity index (χ2v) is 4.34. The van der Waals surface area contributed by atoms with Gasteiger partial charge in [0, 0.05) is 12.3 Å². The molecule has 3 aromatic rings. The predicted molar refractivity (Wildman–Crippen MR) is 77.9 cm³/mol. The van der Waals surface area contributed by atoms with E-state index < -0.39 is 0 Å². The zero-order valence-corrected chi connectivity index (χ0v) is 10.7. The second kappa shape index (κ2) is 5.45. The van der Waals surface area contributed by atoms with Crippen LogP contribution in [0.15, 0.2) is 72.9 Å². The van der Waals surface area contributed by atoms with Crippen molar-refractivity contribution in [3.05, 3.63) is 72.9 Å². The number of phenols is 1. The van der Waals surface area contributed by atoms with E-state index in [4.69, 9.17) is 4.74 Å². The normalized spacial score (nSPS) is 10.2. The first-order chi connectivity index (χ1) is 9.81. The van der Waals surface area contributed by atoms with Crippen molar-refractivity contribution in [1.29, 1.82) is 0 Å². The van der Waals surface area contributed by atoms with Gasteiger partial charge >= 0.3 is 0 Å². The van der Waals surface area contributed by atoms with Gasteiger partial charge in [0.1, 0.15) is 11.5 Å². The molecule has 0 aliphatic heterocycles. The molecule has 2 aromatic carbocycles. The minimum Gasteiger partial charge on any atom is -0.508 e. The first-order valence-corrected chi connectivity index (χ1v) is 6.30. The first-order valence-electron chi connectivity index (χ1n) is 6.30. The Morgan fingerprint density at radius 3 is 2.30 bits per heavy atom. The molecule has 20 heavy (non-hydrogen) atoms. The molecule has 3 heteroatoms. The Labute approximate surface area is 117 Å². The average molecular weight is 263 g/mol. The van der Waals surface area contributed by atoms with E-state index >= 15 is 0 Å². The van der Waals surface area contributed by atoms with Crippen LogP contribution in [0.1, 0.15) is 0 Å². The van der Waals surface area contributed by atoms with Crippen LogP contribution >= 0.6 is 0 Å². The summed E-state index contributed by atoms with van der Waals surface area (Å²) in [5, 5.41) is 9.24. The van der Waals surface area contributed by atoms with Gasteiger partial charge in [0.05, 0.1) is 0 Å². The van der Waals surface area contributed by atoms with Crippen molar-refractivity contribution in [2.45, 2.75) is 0 Å². The smallest absolute Gasteiger partial charge is 0.219 e. The molecule has 0 saturated heterocycles. The van der Waals surface area contributed by atoms with Crippen molar-refractivity contribution in [2.75, 3.05) is 0 Å².